The van der Waals surface area contributed by atoms with Gasteiger partial charge in [-0.05, 0) is 42.2 Å². The number of rotatable bonds is 15. The number of unbranched alkanes of at least 4 members (excludes halogenated alkanes) is 9. The van der Waals surface area contributed by atoms with Crippen molar-refractivity contribution in [2.24, 2.45) is 0 Å². The molecule has 0 aliphatic heterocycles. The van der Waals surface area contributed by atoms with Crippen LogP contribution in [0.5, 0.6) is 0 Å². The van der Waals surface area contributed by atoms with Gasteiger partial charge in [0.25, 0.3) is 0 Å². The highest BCUT2D eigenvalue weighted by molar-refractivity contribution is 7.37. The van der Waals surface area contributed by atoms with Crippen molar-refractivity contribution < 1.29 is 0 Å². The molecule has 0 saturated heterocycles. The Balaban J connectivity index is 1.47. The molecule has 7 heterocycles. The summed E-state index contributed by atoms with van der Waals surface area (Å²) in [7, 11) is 0. The van der Waals surface area contributed by atoms with Crippen LogP contribution in [-0.2, 0) is 19.6 Å². The van der Waals surface area contributed by atoms with Gasteiger partial charge < -0.3 is 13.7 Å². The second-order valence-corrected chi connectivity index (χ2v) is 15.7. The van der Waals surface area contributed by atoms with Gasteiger partial charge in [-0.3, -0.25) is 0 Å². The van der Waals surface area contributed by atoms with Gasteiger partial charge in [0.1, 0.15) is 0 Å². The molecule has 0 fully saturated rings. The zero-order valence-corrected chi connectivity index (χ0v) is 28.2. The third kappa shape index (κ3) is 4.61. The molecule has 0 radical (unpaired) electrons. The Morgan fingerprint density at radius 1 is 0.439 bits per heavy atom. The lowest BCUT2D eigenvalue weighted by Crippen LogP contribution is -2.03. The summed E-state index contributed by atoms with van der Waals surface area (Å²) in [5, 5.41) is 4.61. The molecule has 3 nitrogen and oxygen atoms in total. The van der Waals surface area contributed by atoms with Gasteiger partial charge in [0.05, 0.1) is 61.3 Å². The van der Waals surface area contributed by atoms with E-state index in [1.165, 1.54) is 129 Å². The molecule has 7 heteroatoms. The summed E-state index contributed by atoms with van der Waals surface area (Å²) in [5.41, 5.74) is 9.04. The maximum Gasteiger partial charge on any atom is 0.0858 e. The van der Waals surface area contributed by atoms with Gasteiger partial charge in [0, 0.05) is 19.6 Å². The van der Waals surface area contributed by atoms with Crippen molar-refractivity contribution >= 4 is 107 Å². The predicted octanol–water partition coefficient (Wildman–Crippen LogP) is 13.0. The van der Waals surface area contributed by atoms with Gasteiger partial charge in [-0.2, -0.15) is 0 Å². The van der Waals surface area contributed by atoms with Crippen molar-refractivity contribution in [3.8, 4) is 0 Å². The maximum absolute atomic E-state index is 2.80. The highest BCUT2D eigenvalue weighted by Gasteiger charge is 2.28. The molecule has 0 aliphatic carbocycles. The van der Waals surface area contributed by atoms with Crippen molar-refractivity contribution in [3.05, 3.63) is 22.9 Å². The second-order valence-electron chi connectivity index (χ2n) is 11.8. The van der Waals surface area contributed by atoms with E-state index in [0.29, 0.717) is 0 Å². The van der Waals surface area contributed by atoms with E-state index in [1.807, 2.05) is 22.7 Å². The fourth-order valence-electron chi connectivity index (χ4n) is 6.95. The monoisotopic (exact) mass is 621 g/mol. The number of aryl methyl sites for hydroxylation is 3. The van der Waals surface area contributed by atoms with E-state index >= 15 is 0 Å². The lowest BCUT2D eigenvalue weighted by Gasteiger charge is -2.11. The van der Waals surface area contributed by atoms with E-state index in [9.17, 15) is 0 Å². The second kappa shape index (κ2) is 12.1. The number of aromatic nitrogens is 3. The van der Waals surface area contributed by atoms with Crippen molar-refractivity contribution in [1.29, 1.82) is 0 Å². The van der Waals surface area contributed by atoms with Crippen molar-refractivity contribution in [3.63, 3.8) is 0 Å². The van der Waals surface area contributed by atoms with Gasteiger partial charge in [-0.25, -0.2) is 0 Å². The molecule has 0 unspecified atom stereocenters. The highest BCUT2D eigenvalue weighted by Crippen LogP contribution is 2.52. The van der Waals surface area contributed by atoms with Crippen LogP contribution in [0.25, 0.3) is 61.3 Å². The summed E-state index contributed by atoms with van der Waals surface area (Å²) in [4.78, 5) is 0. The normalized spacial score (nSPS) is 12.8. The van der Waals surface area contributed by atoms with Crippen LogP contribution >= 0.6 is 45.3 Å². The molecular formula is C34H43N3S4. The first-order valence-corrected chi connectivity index (χ1v) is 19.5. The summed E-state index contributed by atoms with van der Waals surface area (Å²) < 4.78 is 17.4. The number of fused-ring (bicyclic) bond motifs is 11. The Kier molecular flexibility index (Phi) is 8.24. The van der Waals surface area contributed by atoms with Crippen molar-refractivity contribution in [2.75, 3.05) is 0 Å². The third-order valence-electron chi connectivity index (χ3n) is 8.99. The fraction of sp³-hybridized carbons (Fsp3) is 0.529. The predicted molar refractivity (Wildman–Crippen MR) is 189 cm³/mol. The van der Waals surface area contributed by atoms with E-state index in [0.717, 1.165) is 19.6 Å². The van der Waals surface area contributed by atoms with Crippen molar-refractivity contribution in [1.82, 2.24) is 13.7 Å². The van der Waals surface area contributed by atoms with Gasteiger partial charge in [0.15, 0.2) is 0 Å². The Morgan fingerprint density at radius 2 is 0.805 bits per heavy atom. The number of hydrogen-bond acceptors (Lipinski definition) is 4. The minimum Gasteiger partial charge on any atom is -0.337 e. The largest absolute Gasteiger partial charge is 0.337 e. The molecule has 41 heavy (non-hydrogen) atoms. The summed E-state index contributed by atoms with van der Waals surface area (Å²) in [6.07, 6.45) is 15.6. The lowest BCUT2D eigenvalue weighted by molar-refractivity contribution is 0.594. The summed E-state index contributed by atoms with van der Waals surface area (Å²) in [6, 6.07) is 4.76. The van der Waals surface area contributed by atoms with Crippen LogP contribution in [0, 0.1) is 0 Å². The highest BCUT2D eigenvalue weighted by atomic mass is 32.1. The van der Waals surface area contributed by atoms with Crippen LogP contribution in [0.15, 0.2) is 22.9 Å². The van der Waals surface area contributed by atoms with E-state index in [1.54, 1.807) is 9.40 Å². The zero-order valence-electron chi connectivity index (χ0n) is 24.9. The molecule has 0 N–H and O–H groups in total. The molecule has 0 bridgehead atoms. The standard InChI is InChI=1S/C34H43N3S4/c1-4-7-10-13-18-35-23-16-21-38-29(23)31-25(35)27-33(40-31)34-28(37(27)20-15-12-9-6-3)26-32(41-34)30-24(17-22-39-30)36(26)19-14-11-8-5-2/h16-17,21-22H,4-15,18-20H2,1-3H3. The molecule has 7 aromatic rings. The number of hydrogen-bond donors (Lipinski definition) is 0. The first-order chi connectivity index (χ1) is 20.3. The summed E-state index contributed by atoms with van der Waals surface area (Å²) in [6.45, 7) is 10.4. The molecule has 0 saturated carbocycles. The Hall–Kier alpha value is -1.80. The molecular weight excluding hydrogens is 579 g/mol. The van der Waals surface area contributed by atoms with Gasteiger partial charge in [-0.15, -0.1) is 45.3 Å². The van der Waals surface area contributed by atoms with Crippen LogP contribution in [-0.4, -0.2) is 13.7 Å². The molecule has 7 aromatic heterocycles. The minimum atomic E-state index is 1.13. The maximum atomic E-state index is 2.80. The number of nitrogens with zero attached hydrogens (tertiary/aromatic N) is 3. The lowest BCUT2D eigenvalue weighted by atomic mass is 10.2. The summed E-state index contributed by atoms with van der Waals surface area (Å²) in [5.74, 6) is 0. The molecule has 0 spiro atoms. The first-order valence-electron chi connectivity index (χ1n) is 16.1. The molecule has 0 aromatic carbocycles. The van der Waals surface area contributed by atoms with E-state index in [4.69, 9.17) is 0 Å². The Labute approximate surface area is 259 Å². The van der Waals surface area contributed by atoms with Crippen molar-refractivity contribution in [2.45, 2.75) is 117 Å². The Bertz CT molecular complexity index is 1790. The molecule has 218 valence electrons. The van der Waals surface area contributed by atoms with Gasteiger partial charge in [-0.1, -0.05) is 78.6 Å². The van der Waals surface area contributed by atoms with E-state index in [2.05, 4.69) is 80.0 Å². The van der Waals surface area contributed by atoms with Gasteiger partial charge in [0.2, 0.25) is 0 Å². The quantitative estimate of drug-likeness (QED) is 0.101. The summed E-state index contributed by atoms with van der Waals surface area (Å²) >= 11 is 8.05. The average Bonchev–Trinajstić information content (AvgIpc) is 3.80. The minimum absolute atomic E-state index is 1.13. The van der Waals surface area contributed by atoms with E-state index in [-0.39, 0.29) is 0 Å². The Morgan fingerprint density at radius 3 is 1.22 bits per heavy atom. The first kappa shape index (κ1) is 28.0. The fourth-order valence-corrected chi connectivity index (χ4v) is 11.8. The van der Waals surface area contributed by atoms with Crippen LogP contribution in [0.3, 0.4) is 0 Å². The van der Waals surface area contributed by atoms with Gasteiger partial charge >= 0.3 is 0 Å². The molecule has 0 amide bonds. The third-order valence-corrected chi connectivity index (χ3v) is 13.6. The molecule has 7 rings (SSSR count). The van der Waals surface area contributed by atoms with Crippen LogP contribution in [0.2, 0.25) is 0 Å². The van der Waals surface area contributed by atoms with Crippen LogP contribution in [0.4, 0.5) is 0 Å². The van der Waals surface area contributed by atoms with Crippen LogP contribution < -0.4 is 0 Å². The number of thiophene rings is 4. The molecule has 0 aliphatic rings. The smallest absolute Gasteiger partial charge is 0.0858 e. The molecule has 0 atom stereocenters. The van der Waals surface area contributed by atoms with E-state index < -0.39 is 0 Å². The van der Waals surface area contributed by atoms with Crippen LogP contribution in [0.1, 0.15) is 97.8 Å². The SMILES string of the molecule is CCCCCCn1c2ccsc2c2sc3c4sc5c6sccc6n(CCCCCC)c5c4n(CCCCCC)c3c21. The average molecular weight is 622 g/mol. The zero-order chi connectivity index (χ0) is 27.9. The topological polar surface area (TPSA) is 14.8 Å².